The number of aliphatic hydroxyl groups is 1. The minimum absolute atomic E-state index is 0.0701. The second-order valence-electron chi connectivity index (χ2n) is 9.87. The minimum atomic E-state index is -3.74. The van der Waals surface area contributed by atoms with E-state index in [-0.39, 0.29) is 28.5 Å². The maximum atomic E-state index is 12.7. The molecule has 0 unspecified atom stereocenters. The van der Waals surface area contributed by atoms with Crippen LogP contribution in [0.5, 0.6) is 11.5 Å². The number of nitrogens with one attached hydrogen (secondary N) is 2. The molecule has 0 bridgehead atoms. The first kappa shape index (κ1) is 28.9. The number of aromatic nitrogens is 2. The molecule has 0 radical (unpaired) electrons. The lowest BCUT2D eigenvalue weighted by Crippen LogP contribution is -2.42. The van der Waals surface area contributed by atoms with Gasteiger partial charge in [0.1, 0.15) is 0 Å². The number of β-amino-alcohol motifs (C(OH)–C–C–N with tert-alkyl or cyclic N) is 1. The summed E-state index contributed by atoms with van der Waals surface area (Å²) in [6.45, 7) is 4.87. The molecular formula is C28H32N4O7S. The number of imidazole rings is 1. The number of fused-ring (bicyclic) bond motifs is 1. The summed E-state index contributed by atoms with van der Waals surface area (Å²) in [7, 11) is -2.31. The quantitative estimate of drug-likeness (QED) is 0.144. The van der Waals surface area contributed by atoms with Gasteiger partial charge in [0.25, 0.3) is 10.0 Å². The fraction of sp³-hybridized carbons (Fsp3) is 0.286. The molecule has 4 rings (SSSR count). The van der Waals surface area contributed by atoms with Crippen LogP contribution in [0.1, 0.15) is 31.9 Å². The van der Waals surface area contributed by atoms with Crippen LogP contribution in [0, 0.1) is 0 Å². The number of carboxylic acid groups (broad SMARTS) is 1. The summed E-state index contributed by atoms with van der Waals surface area (Å²) in [6, 6.07) is 18.0. The van der Waals surface area contributed by atoms with E-state index in [1.165, 1.54) is 25.3 Å². The molecule has 0 saturated heterocycles. The van der Waals surface area contributed by atoms with Gasteiger partial charge in [0.15, 0.2) is 11.5 Å². The van der Waals surface area contributed by atoms with E-state index in [2.05, 4.69) is 15.0 Å². The Balaban J connectivity index is 1.37. The van der Waals surface area contributed by atoms with E-state index >= 15 is 0 Å². The van der Waals surface area contributed by atoms with Crippen LogP contribution in [0.15, 0.2) is 78.0 Å². The molecule has 1 atom stereocenters. The zero-order chi connectivity index (χ0) is 28.9. The van der Waals surface area contributed by atoms with Crippen molar-refractivity contribution in [1.82, 2.24) is 14.9 Å². The van der Waals surface area contributed by atoms with E-state index in [0.29, 0.717) is 29.7 Å². The summed E-state index contributed by atoms with van der Waals surface area (Å²) < 4.78 is 39.9. The highest BCUT2D eigenvalue weighted by molar-refractivity contribution is 7.92. The number of aliphatic hydroxyl groups excluding tert-OH is 1. The molecule has 0 aliphatic rings. The number of benzene rings is 3. The normalized spacial score (nSPS) is 12.7. The van der Waals surface area contributed by atoms with Crippen molar-refractivity contribution in [2.45, 2.75) is 43.4 Å². The molecule has 212 valence electrons. The molecule has 40 heavy (non-hydrogen) atoms. The lowest BCUT2D eigenvalue weighted by molar-refractivity contribution is 0.143. The number of methoxy groups -OCH3 is 1. The average molecular weight is 569 g/mol. The Kier molecular flexibility index (Phi) is 8.62. The van der Waals surface area contributed by atoms with E-state index in [0.717, 1.165) is 5.52 Å². The first-order chi connectivity index (χ1) is 19.0. The number of hydrogen-bond acceptors (Lipinski definition) is 8. The Morgan fingerprint density at radius 1 is 1.07 bits per heavy atom. The van der Waals surface area contributed by atoms with Crippen molar-refractivity contribution in [1.29, 1.82) is 0 Å². The van der Waals surface area contributed by atoms with Gasteiger partial charge in [-0.05, 0) is 50.1 Å². The van der Waals surface area contributed by atoms with Crippen LogP contribution in [0.3, 0.4) is 0 Å². The van der Waals surface area contributed by atoms with Crippen LogP contribution < -0.4 is 19.5 Å². The summed E-state index contributed by atoms with van der Waals surface area (Å²) in [6.07, 6.45) is 0.0399. The predicted octanol–water partition coefficient (Wildman–Crippen LogP) is 4.39. The van der Waals surface area contributed by atoms with E-state index < -0.39 is 22.3 Å². The van der Waals surface area contributed by atoms with Gasteiger partial charge in [-0.3, -0.25) is 4.72 Å². The van der Waals surface area contributed by atoms with Crippen molar-refractivity contribution in [2.24, 2.45) is 0 Å². The van der Waals surface area contributed by atoms with Crippen LogP contribution in [-0.4, -0.2) is 53.5 Å². The zero-order valence-corrected chi connectivity index (χ0v) is 23.2. The van der Waals surface area contributed by atoms with Gasteiger partial charge in [-0.25, -0.2) is 18.2 Å². The van der Waals surface area contributed by atoms with E-state index in [9.17, 15) is 18.3 Å². The highest BCUT2D eigenvalue weighted by atomic mass is 32.2. The fourth-order valence-electron chi connectivity index (χ4n) is 4.18. The van der Waals surface area contributed by atoms with Gasteiger partial charge >= 0.3 is 6.16 Å². The highest BCUT2D eigenvalue weighted by Crippen LogP contribution is 2.32. The molecule has 4 N–H and O–H groups in total. The molecule has 0 fully saturated rings. The summed E-state index contributed by atoms with van der Waals surface area (Å²) in [5, 5.41) is 23.2. The largest absolute Gasteiger partial charge is 0.511 e. The second-order valence-corrected chi connectivity index (χ2v) is 11.6. The predicted molar refractivity (Wildman–Crippen MR) is 150 cm³/mol. The van der Waals surface area contributed by atoms with Gasteiger partial charge in [0, 0.05) is 36.4 Å². The number of anilines is 1. The molecule has 0 spiro atoms. The van der Waals surface area contributed by atoms with Crippen LogP contribution in [0.4, 0.5) is 10.5 Å². The smallest absolute Gasteiger partial charge is 0.493 e. The van der Waals surface area contributed by atoms with Crippen molar-refractivity contribution in [3.05, 3.63) is 78.6 Å². The molecular weight excluding hydrogens is 536 g/mol. The summed E-state index contributed by atoms with van der Waals surface area (Å²) >= 11 is 0. The Morgan fingerprint density at radius 2 is 1.82 bits per heavy atom. The Labute approximate surface area is 232 Å². The van der Waals surface area contributed by atoms with Gasteiger partial charge in [-0.2, -0.15) is 0 Å². The minimum Gasteiger partial charge on any atom is -0.493 e. The second kappa shape index (κ2) is 11.9. The maximum Gasteiger partial charge on any atom is 0.511 e. The van der Waals surface area contributed by atoms with Gasteiger partial charge in [-0.1, -0.05) is 30.3 Å². The number of hydrogen-bond donors (Lipinski definition) is 4. The van der Waals surface area contributed by atoms with Crippen LogP contribution in [0.2, 0.25) is 0 Å². The average Bonchev–Trinajstić information content (AvgIpc) is 3.32. The van der Waals surface area contributed by atoms with Crippen molar-refractivity contribution in [3.8, 4) is 11.5 Å². The van der Waals surface area contributed by atoms with Crippen LogP contribution in [-0.2, 0) is 16.6 Å². The summed E-state index contributed by atoms with van der Waals surface area (Å²) in [5.41, 5.74) is 1.89. The first-order valence-electron chi connectivity index (χ1n) is 12.5. The molecule has 3 aromatic carbocycles. The summed E-state index contributed by atoms with van der Waals surface area (Å²) in [4.78, 5) is 15.5. The van der Waals surface area contributed by atoms with Gasteiger partial charge in [0.2, 0.25) is 0 Å². The van der Waals surface area contributed by atoms with Crippen molar-refractivity contribution in [2.75, 3.05) is 18.4 Å². The van der Waals surface area contributed by atoms with Gasteiger partial charge in [-0.15, -0.1) is 0 Å². The molecule has 0 saturated carbocycles. The standard InChI is InChI=1S/C28H32N4O7S/c1-28(2,12-13-32-18-29-22-15-26(39-27(34)35)25(38-3)16-23(22)32)30-17-24(33)19-8-7-9-20(14-19)31-40(36,37)21-10-5-4-6-11-21/h4-11,14-16,18,24,30-31,33H,12-13,17H2,1-3H3,(H,34,35)/t24-/m0/s1. The Hall–Kier alpha value is -4.13. The number of ether oxygens (including phenoxy) is 2. The fourth-order valence-corrected chi connectivity index (χ4v) is 5.25. The zero-order valence-electron chi connectivity index (χ0n) is 22.4. The van der Waals surface area contributed by atoms with E-state index in [1.807, 2.05) is 18.4 Å². The Bertz CT molecular complexity index is 1590. The third-order valence-electron chi connectivity index (χ3n) is 6.43. The molecule has 12 heteroatoms. The maximum absolute atomic E-state index is 12.7. The van der Waals surface area contributed by atoms with E-state index in [4.69, 9.17) is 14.6 Å². The molecule has 0 amide bonds. The SMILES string of the molecule is COc1cc2c(cc1OC(=O)O)ncn2CCC(C)(C)NC[C@H](O)c1cccc(NS(=O)(=O)c2ccccc2)c1. The number of rotatable bonds is 12. The lowest BCUT2D eigenvalue weighted by Gasteiger charge is -2.28. The van der Waals surface area contributed by atoms with E-state index in [1.54, 1.807) is 54.9 Å². The topological polar surface area (TPSA) is 152 Å². The number of nitrogens with zero attached hydrogens (tertiary/aromatic N) is 2. The summed E-state index contributed by atoms with van der Waals surface area (Å²) in [5.74, 6) is 0.353. The Morgan fingerprint density at radius 3 is 2.52 bits per heavy atom. The van der Waals surface area contributed by atoms with Crippen LogP contribution >= 0.6 is 0 Å². The highest BCUT2D eigenvalue weighted by Gasteiger charge is 2.21. The third kappa shape index (κ3) is 7.08. The number of carbonyl (C=O) groups is 1. The lowest BCUT2D eigenvalue weighted by atomic mass is 9.99. The van der Waals surface area contributed by atoms with Crippen molar-refractivity contribution >= 4 is 32.9 Å². The third-order valence-corrected chi connectivity index (χ3v) is 7.83. The first-order valence-corrected chi connectivity index (χ1v) is 14.0. The number of aryl methyl sites for hydroxylation is 1. The molecule has 0 aliphatic carbocycles. The van der Waals surface area contributed by atoms with Crippen LogP contribution in [0.25, 0.3) is 11.0 Å². The number of sulfonamides is 1. The molecule has 1 aromatic heterocycles. The van der Waals surface area contributed by atoms with Gasteiger partial charge < -0.3 is 29.6 Å². The molecule has 1 heterocycles. The van der Waals surface area contributed by atoms with Crippen molar-refractivity contribution < 1.29 is 32.9 Å². The molecule has 4 aromatic rings. The molecule has 0 aliphatic heterocycles. The molecule has 11 nitrogen and oxygen atoms in total. The van der Waals surface area contributed by atoms with Crippen molar-refractivity contribution in [3.63, 3.8) is 0 Å². The monoisotopic (exact) mass is 568 g/mol. The van der Waals surface area contributed by atoms with Gasteiger partial charge in [0.05, 0.1) is 35.5 Å².